The molecule has 0 fully saturated rings. The van der Waals surface area contributed by atoms with E-state index in [4.69, 9.17) is 0 Å². The number of benzene rings is 2. The van der Waals surface area contributed by atoms with Gasteiger partial charge in [0, 0.05) is 24.3 Å². The van der Waals surface area contributed by atoms with E-state index in [0.717, 1.165) is 12.1 Å². The maximum Gasteiger partial charge on any atom is 0.416 e. The van der Waals surface area contributed by atoms with Crippen LogP contribution in [0.25, 0.3) is 6.08 Å². The van der Waals surface area contributed by atoms with E-state index in [9.17, 15) is 43.0 Å². The molecule has 2 rings (SSSR count). The number of ether oxygens (including phenoxy) is 1. The average molecular weight is 439 g/mol. The summed E-state index contributed by atoms with van der Waals surface area (Å²) in [6.07, 6.45) is -2.60. The van der Waals surface area contributed by atoms with Gasteiger partial charge in [0.15, 0.2) is 6.61 Å². The predicted octanol–water partition coefficient (Wildman–Crippen LogP) is 3.72. The second-order valence-corrected chi connectivity index (χ2v) is 5.82. The minimum Gasteiger partial charge on any atom is -0.452 e. The van der Waals surface area contributed by atoms with Crippen LogP contribution in [0.3, 0.4) is 0 Å². The Morgan fingerprint density at radius 1 is 1.03 bits per heavy atom. The SMILES string of the molecule is O=C(COC(=O)C=Cc1ccc([N+](=O)[O-])cc1)Nc1ccc(C(F)(F)F)cc1[N+](=O)[O-]. The molecule has 0 saturated carbocycles. The van der Waals surface area contributed by atoms with Crippen molar-refractivity contribution in [3.8, 4) is 0 Å². The molecule has 0 aliphatic rings. The van der Waals surface area contributed by atoms with Crippen molar-refractivity contribution < 1.29 is 37.3 Å². The van der Waals surface area contributed by atoms with Gasteiger partial charge in [-0.1, -0.05) is 0 Å². The minimum absolute atomic E-state index is 0.145. The molecule has 31 heavy (non-hydrogen) atoms. The lowest BCUT2D eigenvalue weighted by Gasteiger charge is -2.10. The summed E-state index contributed by atoms with van der Waals surface area (Å²) in [5.74, 6) is -1.98. The van der Waals surface area contributed by atoms with Crippen LogP contribution in [0.5, 0.6) is 0 Å². The fourth-order valence-electron chi connectivity index (χ4n) is 2.21. The molecule has 0 heterocycles. The molecule has 0 aliphatic carbocycles. The summed E-state index contributed by atoms with van der Waals surface area (Å²) in [6.45, 7) is -0.860. The summed E-state index contributed by atoms with van der Waals surface area (Å²) >= 11 is 0. The lowest BCUT2D eigenvalue weighted by molar-refractivity contribution is -0.384. The molecule has 0 spiro atoms. The van der Waals surface area contributed by atoms with E-state index in [1.54, 1.807) is 0 Å². The van der Waals surface area contributed by atoms with Gasteiger partial charge in [-0.05, 0) is 35.9 Å². The second-order valence-electron chi connectivity index (χ2n) is 5.82. The van der Waals surface area contributed by atoms with Crippen molar-refractivity contribution in [3.05, 3.63) is 79.9 Å². The first kappa shape index (κ1) is 23.0. The standard InChI is InChI=1S/C18H12F3N3O7/c19-18(20,21)12-4-7-14(15(9-12)24(29)30)22-16(25)10-31-17(26)8-3-11-1-5-13(6-2-11)23(27)28/h1-9H,10H2,(H,22,25). The van der Waals surface area contributed by atoms with Gasteiger partial charge in [-0.15, -0.1) is 0 Å². The van der Waals surface area contributed by atoms with Crippen molar-refractivity contribution in [2.24, 2.45) is 0 Å². The molecule has 0 bridgehead atoms. The summed E-state index contributed by atoms with van der Waals surface area (Å²) < 4.78 is 42.7. The van der Waals surface area contributed by atoms with E-state index in [2.05, 4.69) is 4.74 Å². The van der Waals surface area contributed by atoms with Crippen LogP contribution in [0.4, 0.5) is 30.2 Å². The Bertz CT molecular complexity index is 1050. The number of nitrogens with zero attached hydrogens (tertiary/aromatic N) is 2. The number of amides is 1. The van der Waals surface area contributed by atoms with Crippen molar-refractivity contribution in [2.45, 2.75) is 6.18 Å². The van der Waals surface area contributed by atoms with Crippen LogP contribution in [-0.4, -0.2) is 28.3 Å². The topological polar surface area (TPSA) is 142 Å². The molecule has 2 aromatic rings. The molecular formula is C18H12F3N3O7. The Balaban J connectivity index is 1.96. The molecule has 162 valence electrons. The van der Waals surface area contributed by atoms with E-state index < -0.39 is 51.4 Å². The van der Waals surface area contributed by atoms with Crippen LogP contribution in [0.2, 0.25) is 0 Å². The number of halogens is 3. The smallest absolute Gasteiger partial charge is 0.416 e. The highest BCUT2D eigenvalue weighted by atomic mass is 19.4. The number of alkyl halides is 3. The Labute approximate surface area is 171 Å². The van der Waals surface area contributed by atoms with E-state index >= 15 is 0 Å². The molecule has 0 saturated heterocycles. The quantitative estimate of drug-likeness (QED) is 0.300. The Morgan fingerprint density at radius 2 is 1.68 bits per heavy atom. The zero-order chi connectivity index (χ0) is 23.2. The monoisotopic (exact) mass is 439 g/mol. The maximum atomic E-state index is 12.7. The van der Waals surface area contributed by atoms with Gasteiger partial charge in [-0.2, -0.15) is 13.2 Å². The van der Waals surface area contributed by atoms with Gasteiger partial charge in [0.25, 0.3) is 17.3 Å². The third-order valence-electron chi connectivity index (χ3n) is 3.66. The number of nitro groups is 2. The number of non-ortho nitro benzene ring substituents is 1. The fraction of sp³-hybridized carbons (Fsp3) is 0.111. The van der Waals surface area contributed by atoms with E-state index in [1.807, 2.05) is 5.32 Å². The molecule has 2 aromatic carbocycles. The van der Waals surface area contributed by atoms with Gasteiger partial charge in [0.05, 0.1) is 15.4 Å². The number of nitro benzene ring substituents is 2. The van der Waals surface area contributed by atoms with Crippen LogP contribution in [0.1, 0.15) is 11.1 Å². The van der Waals surface area contributed by atoms with Gasteiger partial charge in [-0.3, -0.25) is 25.0 Å². The summed E-state index contributed by atoms with van der Waals surface area (Å²) in [5, 5.41) is 23.6. The molecule has 0 aliphatic heterocycles. The molecule has 0 unspecified atom stereocenters. The summed E-state index contributed by atoms with van der Waals surface area (Å²) in [4.78, 5) is 43.3. The largest absolute Gasteiger partial charge is 0.452 e. The van der Waals surface area contributed by atoms with Gasteiger partial charge in [0.2, 0.25) is 0 Å². The summed E-state index contributed by atoms with van der Waals surface area (Å²) in [7, 11) is 0. The predicted molar refractivity (Wildman–Crippen MR) is 99.8 cm³/mol. The van der Waals surface area contributed by atoms with Crippen molar-refractivity contribution in [3.63, 3.8) is 0 Å². The third-order valence-corrected chi connectivity index (χ3v) is 3.66. The minimum atomic E-state index is -4.81. The average Bonchev–Trinajstić information content (AvgIpc) is 2.70. The number of esters is 1. The lowest BCUT2D eigenvalue weighted by atomic mass is 10.1. The number of hydrogen-bond acceptors (Lipinski definition) is 7. The van der Waals surface area contributed by atoms with E-state index in [0.29, 0.717) is 11.6 Å². The number of hydrogen-bond donors (Lipinski definition) is 1. The molecule has 1 amide bonds. The zero-order valence-electron chi connectivity index (χ0n) is 15.3. The lowest BCUT2D eigenvalue weighted by Crippen LogP contribution is -2.21. The van der Waals surface area contributed by atoms with Gasteiger partial charge >= 0.3 is 12.1 Å². The number of anilines is 1. The van der Waals surface area contributed by atoms with Gasteiger partial charge in [-0.25, -0.2) is 4.79 Å². The first-order valence-corrected chi connectivity index (χ1v) is 8.22. The molecule has 0 radical (unpaired) electrons. The summed E-state index contributed by atoms with van der Waals surface area (Å²) in [6, 6.07) is 6.73. The Morgan fingerprint density at radius 3 is 2.23 bits per heavy atom. The Hall–Kier alpha value is -4.29. The molecule has 0 aromatic heterocycles. The third kappa shape index (κ3) is 6.62. The van der Waals surface area contributed by atoms with E-state index in [-0.39, 0.29) is 11.8 Å². The van der Waals surface area contributed by atoms with Crippen LogP contribution < -0.4 is 5.32 Å². The van der Waals surface area contributed by atoms with Crippen LogP contribution >= 0.6 is 0 Å². The first-order chi connectivity index (χ1) is 14.5. The van der Waals surface area contributed by atoms with Crippen LogP contribution in [-0.2, 0) is 20.5 Å². The number of nitrogens with one attached hydrogen (secondary N) is 1. The number of carbonyl (C=O) groups excluding carboxylic acids is 2. The van der Waals surface area contributed by atoms with Crippen LogP contribution in [0.15, 0.2) is 48.5 Å². The highest BCUT2D eigenvalue weighted by Gasteiger charge is 2.33. The Kier molecular flexibility index (Phi) is 7.03. The number of rotatable bonds is 7. The molecular weight excluding hydrogens is 427 g/mol. The molecule has 13 heteroatoms. The fourth-order valence-corrected chi connectivity index (χ4v) is 2.21. The molecule has 10 nitrogen and oxygen atoms in total. The van der Waals surface area contributed by atoms with Crippen LogP contribution in [0, 0.1) is 20.2 Å². The van der Waals surface area contributed by atoms with Crippen molar-refractivity contribution >= 4 is 35.0 Å². The normalized spacial score (nSPS) is 11.2. The molecule has 1 N–H and O–H groups in total. The maximum absolute atomic E-state index is 12.7. The zero-order valence-corrected chi connectivity index (χ0v) is 15.3. The highest BCUT2D eigenvalue weighted by molar-refractivity contribution is 5.96. The van der Waals surface area contributed by atoms with Crippen molar-refractivity contribution in [1.29, 1.82) is 0 Å². The van der Waals surface area contributed by atoms with Crippen molar-refractivity contribution in [2.75, 3.05) is 11.9 Å². The highest BCUT2D eigenvalue weighted by Crippen LogP contribution is 2.34. The van der Waals surface area contributed by atoms with Crippen molar-refractivity contribution in [1.82, 2.24) is 0 Å². The van der Waals surface area contributed by atoms with E-state index in [1.165, 1.54) is 30.3 Å². The van der Waals surface area contributed by atoms with Gasteiger partial charge < -0.3 is 10.1 Å². The molecule has 0 atom stereocenters. The summed E-state index contributed by atoms with van der Waals surface area (Å²) in [5.41, 5.74) is -2.45. The second kappa shape index (κ2) is 9.47. The first-order valence-electron chi connectivity index (χ1n) is 8.22. The van der Waals surface area contributed by atoms with Gasteiger partial charge in [0.1, 0.15) is 5.69 Å². The number of carbonyl (C=O) groups is 2.